The summed E-state index contributed by atoms with van der Waals surface area (Å²) in [6.45, 7) is 21.7. The number of rotatable bonds is 4. The van der Waals surface area contributed by atoms with Crippen molar-refractivity contribution in [3.05, 3.63) is 112 Å². The van der Waals surface area contributed by atoms with Crippen LogP contribution < -0.4 is 4.90 Å². The van der Waals surface area contributed by atoms with Gasteiger partial charge in [-0.2, -0.15) is 0 Å². The highest BCUT2D eigenvalue weighted by molar-refractivity contribution is 5.79. The van der Waals surface area contributed by atoms with E-state index in [1.807, 2.05) is 12.1 Å². The van der Waals surface area contributed by atoms with Crippen LogP contribution in [-0.2, 0) is 10.8 Å². The monoisotopic (exact) mass is 504 g/mol. The smallest absolute Gasteiger partial charge is 0.0632 e. The number of fused-ring (bicyclic) bond motifs is 1. The van der Waals surface area contributed by atoms with Crippen LogP contribution in [0.4, 0.5) is 17.1 Å². The Hall–Kier alpha value is -3.32. The van der Waals surface area contributed by atoms with Gasteiger partial charge in [-0.25, -0.2) is 0 Å². The van der Waals surface area contributed by atoms with Gasteiger partial charge in [-0.3, -0.25) is 0 Å². The lowest BCUT2D eigenvalue weighted by Crippen LogP contribution is -2.42. The first-order chi connectivity index (χ1) is 19.0. The van der Waals surface area contributed by atoms with Gasteiger partial charge in [0.1, 0.15) is 0 Å². The number of benzene rings is 4. The molecule has 4 aromatic carbocycles. The minimum absolute atomic E-state index is 0.142. The number of hydrogen-bond acceptors (Lipinski definition) is 1. The average Bonchev–Trinajstić information content (AvgIpc) is 2.96. The van der Waals surface area contributed by atoms with E-state index in [0.29, 0.717) is 11.6 Å². The largest absolute Gasteiger partial charge is 0.310 e. The van der Waals surface area contributed by atoms with Crippen molar-refractivity contribution in [1.29, 1.82) is 0 Å². The fourth-order valence-corrected chi connectivity index (χ4v) is 6.28. The fourth-order valence-electron chi connectivity index (χ4n) is 6.28. The first-order valence-electron chi connectivity index (χ1n) is 15.2. The quantitative estimate of drug-likeness (QED) is 0.267. The molecule has 0 spiro atoms. The van der Waals surface area contributed by atoms with Gasteiger partial charge in [0.05, 0.1) is 4.11 Å². The van der Waals surface area contributed by atoms with Gasteiger partial charge in [0.2, 0.25) is 0 Å². The molecule has 0 aromatic heterocycles. The van der Waals surface area contributed by atoms with Crippen LogP contribution in [0.2, 0.25) is 0 Å². The van der Waals surface area contributed by atoms with Gasteiger partial charge in [-0.15, -0.1) is 0 Å². The highest BCUT2D eigenvalue weighted by Gasteiger charge is 2.56. The van der Waals surface area contributed by atoms with Crippen molar-refractivity contribution in [3.8, 4) is 11.1 Å². The fraction of sp³-hybridized carbons (Fsp3) is 0.351. The number of hydrogen-bond donors (Lipinski definition) is 0. The molecule has 0 heterocycles. The molecule has 4 aromatic rings. The van der Waals surface area contributed by atoms with Crippen molar-refractivity contribution in [2.24, 2.45) is 5.41 Å². The van der Waals surface area contributed by atoms with Gasteiger partial charge in [0, 0.05) is 17.1 Å². The van der Waals surface area contributed by atoms with E-state index < -0.39 is 0 Å². The van der Waals surface area contributed by atoms with Gasteiger partial charge >= 0.3 is 0 Å². The first-order valence-corrected chi connectivity index (χ1v) is 13.7. The van der Waals surface area contributed by atoms with Crippen molar-refractivity contribution < 1.29 is 4.11 Å². The molecule has 1 aliphatic rings. The Labute approximate surface area is 234 Å². The Bertz CT molecular complexity index is 1580. The molecular weight excluding hydrogens is 458 g/mol. The van der Waals surface area contributed by atoms with Crippen LogP contribution in [0.3, 0.4) is 0 Å². The molecular formula is C37H43N. The van der Waals surface area contributed by atoms with E-state index in [0.717, 1.165) is 33.8 Å². The van der Waals surface area contributed by atoms with Gasteiger partial charge < -0.3 is 4.90 Å². The molecule has 1 heteroatoms. The zero-order valence-corrected chi connectivity index (χ0v) is 24.7. The summed E-state index contributed by atoms with van der Waals surface area (Å²) >= 11 is 0. The highest BCUT2D eigenvalue weighted by atomic mass is 15.1. The average molecular weight is 505 g/mol. The third-order valence-corrected chi connectivity index (χ3v) is 9.53. The normalized spacial score (nSPS) is 17.9. The summed E-state index contributed by atoms with van der Waals surface area (Å²) in [6, 6.07) is 22.2. The van der Waals surface area contributed by atoms with E-state index in [1.165, 1.54) is 22.3 Å². The van der Waals surface area contributed by atoms with Crippen LogP contribution in [0.25, 0.3) is 11.1 Å². The summed E-state index contributed by atoms with van der Waals surface area (Å²) in [4.78, 5) is 2.28. The van der Waals surface area contributed by atoms with Crippen molar-refractivity contribution in [1.82, 2.24) is 0 Å². The van der Waals surface area contributed by atoms with Crippen LogP contribution in [0.1, 0.15) is 79.0 Å². The molecule has 0 bridgehead atoms. The van der Waals surface area contributed by atoms with E-state index >= 15 is 0 Å². The van der Waals surface area contributed by atoms with Crippen molar-refractivity contribution in [3.63, 3.8) is 0 Å². The molecule has 0 atom stereocenters. The molecule has 0 aliphatic heterocycles. The zero-order valence-electron chi connectivity index (χ0n) is 27.7. The van der Waals surface area contributed by atoms with Crippen molar-refractivity contribution in [2.75, 3.05) is 4.90 Å². The maximum atomic E-state index is 9.40. The molecule has 0 amide bonds. The second-order valence-electron chi connectivity index (χ2n) is 12.9. The van der Waals surface area contributed by atoms with E-state index in [-0.39, 0.29) is 28.3 Å². The summed E-state index contributed by atoms with van der Waals surface area (Å²) in [5.41, 5.74) is 10.3. The molecule has 0 saturated carbocycles. The van der Waals surface area contributed by atoms with Crippen molar-refractivity contribution >= 4 is 17.1 Å². The van der Waals surface area contributed by atoms with E-state index in [2.05, 4.69) is 123 Å². The molecule has 196 valence electrons. The molecule has 0 saturated heterocycles. The maximum Gasteiger partial charge on any atom is 0.0632 e. The molecule has 5 rings (SSSR count). The molecule has 0 fully saturated rings. The lowest BCUT2D eigenvalue weighted by atomic mass is 9.59. The second kappa shape index (κ2) is 8.87. The summed E-state index contributed by atoms with van der Waals surface area (Å²) < 4.78 is 27.6. The Morgan fingerprint density at radius 1 is 0.526 bits per heavy atom. The topological polar surface area (TPSA) is 3.24 Å². The van der Waals surface area contributed by atoms with Crippen molar-refractivity contribution in [2.45, 2.75) is 80.1 Å². The molecule has 0 radical (unpaired) electrons. The van der Waals surface area contributed by atoms with E-state index in [9.17, 15) is 1.37 Å². The highest BCUT2D eigenvalue weighted by Crippen LogP contribution is 2.61. The van der Waals surface area contributed by atoms with E-state index in [1.54, 1.807) is 0 Å². The minimum atomic E-state index is -0.324. The Morgan fingerprint density at radius 2 is 0.974 bits per heavy atom. The molecule has 38 heavy (non-hydrogen) atoms. The maximum absolute atomic E-state index is 9.40. The summed E-state index contributed by atoms with van der Waals surface area (Å²) in [7, 11) is 0. The molecule has 0 unspecified atom stereocenters. The third kappa shape index (κ3) is 4.08. The summed E-state index contributed by atoms with van der Waals surface area (Å²) in [5.74, 6) is 0. The second-order valence-corrected chi connectivity index (χ2v) is 12.9. The lowest BCUT2D eigenvalue weighted by molar-refractivity contribution is 0.125. The zero-order chi connectivity index (χ0) is 30.2. The van der Waals surface area contributed by atoms with Gasteiger partial charge in [-0.05, 0) is 125 Å². The minimum Gasteiger partial charge on any atom is -0.310 e. The molecule has 1 nitrogen and oxygen atoms in total. The Morgan fingerprint density at radius 3 is 1.45 bits per heavy atom. The lowest BCUT2D eigenvalue weighted by Gasteiger charge is -2.44. The Balaban J connectivity index is 1.69. The number of nitrogens with zero attached hydrogens (tertiary/aromatic N) is 1. The van der Waals surface area contributed by atoms with Crippen LogP contribution in [0.5, 0.6) is 0 Å². The number of aryl methyl sites for hydroxylation is 4. The van der Waals surface area contributed by atoms with Gasteiger partial charge in [-0.1, -0.05) is 83.9 Å². The first kappa shape index (κ1) is 22.6. The standard InChI is InChI=1S/C37H43N/c1-24-17-25(2)20-31(19-24)38(32-21-26(3)18-27(4)22-32)30-14-11-28(12-15-30)29-13-16-33-34(23-29)36(7,8)37(9,10)35(33,5)6/h11-23H,1-10H3/i13D,16D,23D. The van der Waals surface area contributed by atoms with Crippen LogP contribution in [0, 0.1) is 33.1 Å². The van der Waals surface area contributed by atoms with Crippen LogP contribution >= 0.6 is 0 Å². The SMILES string of the molecule is [2H]c1c([2H])c2c(c([2H])c1-c1ccc(N(c3cc(C)cc(C)c3)c3cc(C)cc(C)c3)cc1)C(C)(C)C(C)(C)C2(C)C. The Kier molecular flexibility index (Phi) is 5.29. The predicted molar refractivity (Wildman–Crippen MR) is 165 cm³/mol. The van der Waals surface area contributed by atoms with Crippen LogP contribution in [-0.4, -0.2) is 0 Å². The molecule has 0 N–H and O–H groups in total. The van der Waals surface area contributed by atoms with Gasteiger partial charge in [0.15, 0.2) is 0 Å². The number of anilines is 3. The van der Waals surface area contributed by atoms with Gasteiger partial charge in [0.25, 0.3) is 0 Å². The summed E-state index contributed by atoms with van der Waals surface area (Å²) in [6.07, 6.45) is 0. The predicted octanol–water partition coefficient (Wildman–Crippen LogP) is 10.7. The van der Waals surface area contributed by atoms with Crippen LogP contribution in [0.15, 0.2) is 78.8 Å². The third-order valence-electron chi connectivity index (χ3n) is 9.53. The summed E-state index contributed by atoms with van der Waals surface area (Å²) in [5, 5.41) is 0. The molecule has 1 aliphatic carbocycles. The van der Waals surface area contributed by atoms with E-state index in [4.69, 9.17) is 2.74 Å².